The summed E-state index contributed by atoms with van der Waals surface area (Å²) in [5.74, 6) is 0.735. The van der Waals surface area contributed by atoms with E-state index < -0.39 is 11.8 Å². The highest BCUT2D eigenvalue weighted by atomic mass is 32.1. The van der Waals surface area contributed by atoms with Crippen molar-refractivity contribution in [3.63, 3.8) is 0 Å². The summed E-state index contributed by atoms with van der Waals surface area (Å²) < 4.78 is 26.4. The lowest BCUT2D eigenvalue weighted by Gasteiger charge is -2.16. The van der Waals surface area contributed by atoms with Gasteiger partial charge < -0.3 is 4.74 Å². The van der Waals surface area contributed by atoms with Crippen LogP contribution in [0.25, 0.3) is 60.9 Å². The molecule has 7 aromatic rings. The van der Waals surface area contributed by atoms with E-state index in [2.05, 4.69) is 119 Å². The lowest BCUT2D eigenvalue weighted by atomic mass is 9.92. The molecule has 0 saturated heterocycles. The fraction of sp³-hybridized carbons (Fsp3) is 0.561. The molecule has 0 saturated carbocycles. The second-order valence-corrected chi connectivity index (χ2v) is 27.4. The molecule has 1 aromatic carbocycles. The van der Waals surface area contributed by atoms with Gasteiger partial charge in [0.25, 0.3) is 0 Å². The maximum atomic E-state index is 17.0. The van der Waals surface area contributed by atoms with Crippen molar-refractivity contribution in [1.29, 1.82) is 0 Å². The molecule has 358 valence electrons. The van der Waals surface area contributed by atoms with Crippen LogP contribution >= 0.6 is 68.0 Å². The molecule has 9 heteroatoms. The number of thiophene rings is 6. The number of hydrogen-bond donors (Lipinski definition) is 0. The minimum atomic E-state index is -0.530. The summed E-state index contributed by atoms with van der Waals surface area (Å²) in [5.41, 5.74) is 2.36. The van der Waals surface area contributed by atoms with E-state index in [1.165, 1.54) is 118 Å². The number of unbranched alkanes of at least 4 members (excludes halogenated alkanes) is 3. The fourth-order valence-electron chi connectivity index (χ4n) is 9.39. The minimum Gasteiger partial charge on any atom is -0.461 e. The van der Waals surface area contributed by atoms with Crippen LogP contribution in [0.15, 0.2) is 36.4 Å². The molecule has 0 radical (unpaired) electrons. The number of fused-ring (bicyclic) bond motifs is 3. The third-order valence-corrected chi connectivity index (χ3v) is 21.7. The lowest BCUT2D eigenvalue weighted by Crippen LogP contribution is -2.14. The standard InChI is InChI=1S/C57H75FO2S6/c1-13-19-22-34(16-4)29-37-25-27-41(61-37)45-39-31-43(51-52-47(54(66-51)57(10,11)12)48(58)53(65-52)55(59)60-33-36(18-6)24-21-15-3)63-49(39)46(40-32-44(56(7,8)9)64-50(40)45)42-28-26-38(62-42)30-35(17-5)23-20-14-2/h25-28,31-32,34-36H,13-24,29-30,33H2,1-12H3. The van der Waals surface area contributed by atoms with Crippen molar-refractivity contribution in [2.24, 2.45) is 17.8 Å². The summed E-state index contributed by atoms with van der Waals surface area (Å²) in [4.78, 5) is 24.1. The van der Waals surface area contributed by atoms with E-state index in [1.807, 2.05) is 45.3 Å². The smallest absolute Gasteiger partial charge is 0.351 e. The first-order valence-electron chi connectivity index (χ1n) is 25.2. The third kappa shape index (κ3) is 11.1. The third-order valence-electron chi connectivity index (χ3n) is 13.6. The molecule has 0 fully saturated rings. The van der Waals surface area contributed by atoms with Gasteiger partial charge in [0.05, 0.1) is 16.2 Å². The summed E-state index contributed by atoms with van der Waals surface area (Å²) >= 11 is 10.8. The maximum Gasteiger partial charge on any atom is 0.351 e. The van der Waals surface area contributed by atoms with Crippen LogP contribution in [-0.2, 0) is 28.4 Å². The molecule has 6 heterocycles. The Morgan fingerprint density at radius 3 is 1.61 bits per heavy atom. The number of carbonyl (C=O) groups excluding carboxylic acids is 1. The molecule has 0 bridgehead atoms. The highest BCUT2D eigenvalue weighted by Crippen LogP contribution is 2.57. The zero-order valence-electron chi connectivity index (χ0n) is 41.9. The summed E-state index contributed by atoms with van der Waals surface area (Å²) in [7, 11) is 0. The molecule has 0 aliphatic rings. The Kier molecular flexibility index (Phi) is 17.3. The number of carbonyl (C=O) groups is 1. The molecule has 3 atom stereocenters. The van der Waals surface area contributed by atoms with E-state index in [4.69, 9.17) is 4.74 Å². The monoisotopic (exact) mass is 1000 g/mol. The SMILES string of the molecule is CCCCC(CC)COC(=O)c1sc2c(-c3cc4c(-c5ccc(CC(CC)CCCC)s5)c5sc(C(C)(C)C)cc5c(-c5ccc(CC(CC)CCCC)s5)c4s3)sc(C(C)(C)C)c2c1F. The molecule has 7 rings (SSSR count). The van der Waals surface area contributed by atoms with Crippen molar-refractivity contribution in [2.75, 3.05) is 6.61 Å². The zero-order valence-corrected chi connectivity index (χ0v) is 46.8. The van der Waals surface area contributed by atoms with Crippen molar-refractivity contribution in [1.82, 2.24) is 0 Å². The van der Waals surface area contributed by atoms with E-state index in [1.54, 1.807) is 11.3 Å². The maximum absolute atomic E-state index is 17.0. The topological polar surface area (TPSA) is 26.3 Å². The quantitative estimate of drug-likeness (QED) is 0.0633. The number of esters is 1. The molecule has 2 nitrogen and oxygen atoms in total. The van der Waals surface area contributed by atoms with Crippen molar-refractivity contribution in [2.45, 2.75) is 184 Å². The van der Waals surface area contributed by atoms with Crippen LogP contribution in [0.1, 0.15) is 189 Å². The summed E-state index contributed by atoms with van der Waals surface area (Å²) in [6.07, 6.45) is 16.4. The molecule has 0 amide bonds. The van der Waals surface area contributed by atoms with E-state index in [0.717, 1.165) is 57.9 Å². The minimum absolute atomic E-state index is 0.000270. The van der Waals surface area contributed by atoms with E-state index in [9.17, 15) is 4.79 Å². The van der Waals surface area contributed by atoms with Crippen LogP contribution in [0.5, 0.6) is 0 Å². The van der Waals surface area contributed by atoms with Crippen molar-refractivity contribution in [3.05, 3.63) is 66.6 Å². The predicted molar refractivity (Wildman–Crippen MR) is 297 cm³/mol. The Morgan fingerprint density at radius 1 is 0.591 bits per heavy atom. The van der Waals surface area contributed by atoms with E-state index in [0.29, 0.717) is 23.8 Å². The average Bonchev–Trinajstić information content (AvgIpc) is 4.15. The molecule has 0 N–H and O–H groups in total. The first kappa shape index (κ1) is 51.5. The van der Waals surface area contributed by atoms with Gasteiger partial charge >= 0.3 is 5.97 Å². The van der Waals surface area contributed by atoms with Crippen LogP contribution in [0, 0.1) is 23.6 Å². The number of rotatable bonds is 22. The van der Waals surface area contributed by atoms with Crippen LogP contribution < -0.4 is 0 Å². The molecule has 0 aliphatic carbocycles. The normalized spacial score (nSPS) is 14.0. The Hall–Kier alpha value is -2.40. The van der Waals surface area contributed by atoms with Gasteiger partial charge in [0, 0.05) is 70.8 Å². The van der Waals surface area contributed by atoms with E-state index >= 15 is 4.39 Å². The molecule has 0 spiro atoms. The van der Waals surface area contributed by atoms with Crippen molar-refractivity contribution >= 4 is 104 Å². The van der Waals surface area contributed by atoms with Crippen LogP contribution in [0.2, 0.25) is 0 Å². The molecule has 3 unspecified atom stereocenters. The first-order chi connectivity index (χ1) is 31.5. The van der Waals surface area contributed by atoms with Gasteiger partial charge in [0.2, 0.25) is 0 Å². The van der Waals surface area contributed by atoms with Gasteiger partial charge in [-0.05, 0) is 84.2 Å². The summed E-state index contributed by atoms with van der Waals surface area (Å²) in [5, 5.41) is 3.22. The van der Waals surface area contributed by atoms with Crippen LogP contribution in [-0.4, -0.2) is 12.6 Å². The number of halogens is 1. The number of ether oxygens (including phenoxy) is 1. The van der Waals surface area contributed by atoms with Crippen molar-refractivity contribution < 1.29 is 13.9 Å². The number of benzene rings is 1. The van der Waals surface area contributed by atoms with E-state index in [-0.39, 0.29) is 21.6 Å². The highest BCUT2D eigenvalue weighted by Gasteiger charge is 2.33. The van der Waals surface area contributed by atoms with Gasteiger partial charge in [0.15, 0.2) is 5.82 Å². The summed E-state index contributed by atoms with van der Waals surface area (Å²) in [6, 6.07) is 14.6. The van der Waals surface area contributed by atoms with Gasteiger partial charge in [-0.2, -0.15) is 0 Å². The molecule has 0 aliphatic heterocycles. The second kappa shape index (κ2) is 22.1. The zero-order chi connectivity index (χ0) is 47.5. The molecular weight excluding hydrogens is 928 g/mol. The van der Waals surface area contributed by atoms with Gasteiger partial charge in [0.1, 0.15) is 4.88 Å². The molecule has 66 heavy (non-hydrogen) atoms. The fourth-order valence-corrected chi connectivity index (χ4v) is 17.2. The highest BCUT2D eigenvalue weighted by molar-refractivity contribution is 7.32. The second-order valence-electron chi connectivity index (χ2n) is 21.0. The first-order valence-corrected chi connectivity index (χ1v) is 30.1. The van der Waals surface area contributed by atoms with Gasteiger partial charge in [-0.15, -0.1) is 68.0 Å². The van der Waals surface area contributed by atoms with Gasteiger partial charge in [-0.25, -0.2) is 9.18 Å². The van der Waals surface area contributed by atoms with Crippen LogP contribution in [0.4, 0.5) is 4.39 Å². The Bertz CT molecular complexity index is 2600. The number of hydrogen-bond acceptors (Lipinski definition) is 8. The van der Waals surface area contributed by atoms with Crippen LogP contribution in [0.3, 0.4) is 0 Å². The Labute approximate surface area is 420 Å². The van der Waals surface area contributed by atoms with Gasteiger partial charge in [-0.3, -0.25) is 0 Å². The predicted octanol–water partition coefficient (Wildman–Crippen LogP) is 21.1. The largest absolute Gasteiger partial charge is 0.461 e. The Morgan fingerprint density at radius 2 is 1.11 bits per heavy atom. The van der Waals surface area contributed by atoms with Gasteiger partial charge in [-0.1, -0.05) is 154 Å². The summed E-state index contributed by atoms with van der Waals surface area (Å²) in [6.45, 7) is 27.5. The molecular formula is C57H75FO2S6. The molecule has 6 aromatic heterocycles. The average molecular weight is 1000 g/mol. The Balaban J connectivity index is 1.45. The van der Waals surface area contributed by atoms with Crippen molar-refractivity contribution in [3.8, 4) is 30.6 Å². The lowest BCUT2D eigenvalue weighted by molar-refractivity contribution is 0.0429.